The molecule has 0 amide bonds. The highest BCUT2D eigenvalue weighted by atomic mass is 79.9. The molecule has 0 aromatic rings. The van der Waals surface area contributed by atoms with Gasteiger partial charge in [-0.1, -0.05) is 22.9 Å². The summed E-state index contributed by atoms with van der Waals surface area (Å²) in [6.45, 7) is 1.94. The van der Waals surface area contributed by atoms with Gasteiger partial charge in [0.1, 0.15) is 0 Å². The largest absolute Gasteiger partial charge is 0.285 e. The molecule has 0 heterocycles. The highest BCUT2D eigenvalue weighted by molar-refractivity contribution is 9.20. The molecule has 0 aliphatic carbocycles. The van der Waals surface area contributed by atoms with E-state index in [1.165, 1.54) is 0 Å². The van der Waals surface area contributed by atoms with Crippen LogP contribution in [-0.2, 0) is 4.79 Å². The van der Waals surface area contributed by atoms with Crippen molar-refractivity contribution in [2.24, 2.45) is 0 Å². The van der Waals surface area contributed by atoms with Crippen LogP contribution < -0.4 is 0 Å². The fourth-order valence-corrected chi connectivity index (χ4v) is 0.484. The van der Waals surface area contributed by atoms with Gasteiger partial charge in [0.25, 0.3) is 0 Å². The smallest absolute Gasteiger partial charge is 0.211 e. The second kappa shape index (κ2) is 3.61. The van der Waals surface area contributed by atoms with Gasteiger partial charge < -0.3 is 0 Å². The Morgan fingerprint density at radius 2 is 2.29 bits per heavy atom. The van der Waals surface area contributed by atoms with Gasteiger partial charge in [0, 0.05) is 0 Å². The van der Waals surface area contributed by atoms with E-state index < -0.39 is 0 Å². The summed E-state index contributed by atoms with van der Waals surface area (Å²) >= 11 is 5.96. The molecule has 0 fully saturated rings. The molecule has 0 spiro atoms. The van der Waals surface area contributed by atoms with Crippen molar-refractivity contribution in [1.82, 2.24) is 0 Å². The van der Waals surface area contributed by atoms with Gasteiger partial charge in [0.15, 0.2) is 0 Å². The average molecular weight is 230 g/mol. The first-order chi connectivity index (χ1) is 3.18. The van der Waals surface area contributed by atoms with Gasteiger partial charge in [-0.2, -0.15) is 0 Å². The molecule has 0 aromatic heterocycles. The molecule has 0 aliphatic heterocycles. The van der Waals surface area contributed by atoms with E-state index in [0.29, 0.717) is 0 Å². The lowest BCUT2D eigenvalue weighted by Crippen LogP contribution is -2.02. The minimum Gasteiger partial charge on any atom is -0.285 e. The molecular weight excluding hydrogens is 224 g/mol. The molecule has 0 saturated heterocycles. The zero-order chi connectivity index (χ0) is 5.86. The molecule has 1 nitrogen and oxygen atoms in total. The first kappa shape index (κ1) is 7.63. The number of hydrogen-bond donors (Lipinski definition) is 0. The first-order valence-corrected chi connectivity index (χ1v) is 3.72. The Hall–Kier alpha value is 0.630. The van der Waals surface area contributed by atoms with E-state index >= 15 is 0 Å². The maximum Gasteiger partial charge on any atom is 0.211 e. The van der Waals surface area contributed by atoms with E-state index in [-0.39, 0.29) is 9.52 Å². The Kier molecular flexibility index (Phi) is 3.93. The van der Waals surface area contributed by atoms with E-state index in [1.807, 2.05) is 6.92 Å². The summed E-state index contributed by atoms with van der Waals surface area (Å²) in [6, 6.07) is 0. The zero-order valence-corrected chi connectivity index (χ0v) is 7.12. The van der Waals surface area contributed by atoms with Crippen LogP contribution in [0.25, 0.3) is 0 Å². The van der Waals surface area contributed by atoms with Crippen molar-refractivity contribution < 1.29 is 4.79 Å². The van der Waals surface area contributed by atoms with Crippen molar-refractivity contribution in [1.29, 1.82) is 0 Å². The van der Waals surface area contributed by atoms with Crippen molar-refractivity contribution in [2.45, 2.75) is 18.2 Å². The van der Waals surface area contributed by atoms with Gasteiger partial charge in [-0.05, 0) is 22.4 Å². The van der Waals surface area contributed by atoms with Crippen molar-refractivity contribution >= 4 is 36.6 Å². The highest BCUT2D eigenvalue weighted by Crippen LogP contribution is 2.08. The molecule has 42 valence electrons. The van der Waals surface area contributed by atoms with Crippen LogP contribution >= 0.6 is 31.9 Å². The van der Waals surface area contributed by atoms with Crippen LogP contribution in [0.4, 0.5) is 0 Å². The van der Waals surface area contributed by atoms with Gasteiger partial charge in [-0.15, -0.1) is 0 Å². The molecule has 0 aliphatic rings. The molecule has 3 heteroatoms. The van der Waals surface area contributed by atoms with Gasteiger partial charge in [-0.3, -0.25) is 4.79 Å². The van der Waals surface area contributed by atoms with E-state index in [1.54, 1.807) is 0 Å². The van der Waals surface area contributed by atoms with E-state index in [2.05, 4.69) is 31.9 Å². The SMILES string of the molecule is CC[C@@H](Br)C(=O)Br. The Morgan fingerprint density at radius 3 is 2.29 bits per heavy atom. The molecule has 0 N–H and O–H groups in total. The third kappa shape index (κ3) is 3.23. The Balaban J connectivity index is 3.34. The second-order valence-corrected chi connectivity index (χ2v) is 3.07. The van der Waals surface area contributed by atoms with Crippen molar-refractivity contribution in [3.63, 3.8) is 0 Å². The summed E-state index contributed by atoms with van der Waals surface area (Å²) < 4.78 is 0.0231. The third-order valence-electron chi connectivity index (χ3n) is 0.605. The minimum atomic E-state index is -0.00694. The van der Waals surface area contributed by atoms with Crippen LogP contribution in [-0.4, -0.2) is 9.52 Å². The van der Waals surface area contributed by atoms with E-state index in [0.717, 1.165) is 6.42 Å². The van der Waals surface area contributed by atoms with E-state index in [4.69, 9.17) is 0 Å². The van der Waals surface area contributed by atoms with Crippen LogP contribution in [0, 0.1) is 0 Å². The quantitative estimate of drug-likeness (QED) is 0.524. The van der Waals surface area contributed by atoms with Crippen LogP contribution in [0.3, 0.4) is 0 Å². The van der Waals surface area contributed by atoms with Crippen molar-refractivity contribution in [2.75, 3.05) is 0 Å². The number of hydrogen-bond acceptors (Lipinski definition) is 1. The number of rotatable bonds is 2. The summed E-state index contributed by atoms with van der Waals surface area (Å²) in [4.78, 5) is 10.2. The third-order valence-corrected chi connectivity index (χ3v) is 2.84. The van der Waals surface area contributed by atoms with Crippen LogP contribution in [0.15, 0.2) is 0 Å². The zero-order valence-electron chi connectivity index (χ0n) is 3.95. The molecular formula is C4H6Br2O. The maximum atomic E-state index is 10.2. The maximum absolute atomic E-state index is 10.2. The minimum absolute atomic E-state index is 0.00694. The van der Waals surface area contributed by atoms with Gasteiger partial charge in [0.05, 0.1) is 4.83 Å². The first-order valence-electron chi connectivity index (χ1n) is 2.02. The summed E-state index contributed by atoms with van der Waals surface area (Å²) in [5.41, 5.74) is 0. The molecule has 7 heavy (non-hydrogen) atoms. The van der Waals surface area contributed by atoms with Crippen molar-refractivity contribution in [3.8, 4) is 0 Å². The van der Waals surface area contributed by atoms with Crippen LogP contribution in [0.2, 0.25) is 0 Å². The molecule has 0 saturated carbocycles. The fraction of sp³-hybridized carbons (Fsp3) is 0.750. The van der Waals surface area contributed by atoms with Gasteiger partial charge in [0.2, 0.25) is 4.69 Å². The molecule has 0 unspecified atom stereocenters. The second-order valence-electron chi connectivity index (χ2n) is 1.18. The number of carbonyl (C=O) groups is 1. The van der Waals surface area contributed by atoms with Gasteiger partial charge >= 0.3 is 0 Å². The predicted octanol–water partition coefficient (Wildman–Crippen LogP) is 2.08. The van der Waals surface area contributed by atoms with Gasteiger partial charge in [-0.25, -0.2) is 0 Å². The summed E-state index contributed by atoms with van der Waals surface area (Å²) in [5, 5.41) is 0. The molecule has 0 radical (unpaired) electrons. The topological polar surface area (TPSA) is 17.1 Å². The summed E-state index contributed by atoms with van der Waals surface area (Å²) in [5.74, 6) is 0. The fourth-order valence-electron chi connectivity index (χ4n) is 0.160. The summed E-state index contributed by atoms with van der Waals surface area (Å²) in [6.07, 6.45) is 0.837. The number of halogens is 2. The van der Waals surface area contributed by atoms with Crippen LogP contribution in [0.1, 0.15) is 13.3 Å². The number of carbonyl (C=O) groups excluding carboxylic acids is 1. The molecule has 0 rings (SSSR count). The molecule has 0 bridgehead atoms. The summed E-state index contributed by atoms with van der Waals surface area (Å²) in [7, 11) is 0. The van der Waals surface area contributed by atoms with E-state index in [9.17, 15) is 4.79 Å². The Bertz CT molecular complexity index is 72.1. The molecule has 1 atom stereocenters. The lowest BCUT2D eigenvalue weighted by atomic mass is 10.4. The highest BCUT2D eigenvalue weighted by Gasteiger charge is 2.05. The predicted molar refractivity (Wildman–Crippen MR) is 36.9 cm³/mol. The molecule has 0 aromatic carbocycles. The van der Waals surface area contributed by atoms with Crippen molar-refractivity contribution in [3.05, 3.63) is 0 Å². The Morgan fingerprint density at radius 1 is 1.86 bits per heavy atom. The standard InChI is InChI=1S/C4H6Br2O/c1-2-3(5)4(6)7/h3H,2H2,1H3/t3-/m1/s1. The normalized spacial score (nSPS) is 13.6. The number of alkyl halides is 1. The lowest BCUT2D eigenvalue weighted by molar-refractivity contribution is -0.109. The lowest BCUT2D eigenvalue weighted by Gasteiger charge is -1.94. The van der Waals surface area contributed by atoms with Crippen LogP contribution in [0.5, 0.6) is 0 Å². The Labute approximate surface area is 59.7 Å². The monoisotopic (exact) mass is 228 g/mol. The average Bonchev–Trinajstić information content (AvgIpc) is 1.65.